The van der Waals surface area contributed by atoms with E-state index in [2.05, 4.69) is 28.3 Å². The van der Waals surface area contributed by atoms with Crippen molar-refractivity contribution in [3.05, 3.63) is 17.5 Å². The van der Waals surface area contributed by atoms with E-state index in [-0.39, 0.29) is 17.9 Å². The van der Waals surface area contributed by atoms with E-state index in [1.165, 1.54) is 0 Å². The Kier molecular flexibility index (Phi) is 6.59. The van der Waals surface area contributed by atoms with Crippen molar-refractivity contribution in [2.75, 3.05) is 39.9 Å². The van der Waals surface area contributed by atoms with Crippen LogP contribution in [0.25, 0.3) is 0 Å². The summed E-state index contributed by atoms with van der Waals surface area (Å²) in [4.78, 5) is 14.7. The van der Waals surface area contributed by atoms with Crippen LogP contribution in [0.2, 0.25) is 0 Å². The Morgan fingerprint density at radius 3 is 2.70 bits per heavy atom. The molecule has 6 heteroatoms. The number of aromatic nitrogens is 2. The van der Waals surface area contributed by atoms with Crippen LogP contribution in [0.3, 0.4) is 0 Å². The van der Waals surface area contributed by atoms with Gasteiger partial charge in [-0.2, -0.15) is 5.10 Å². The monoisotopic (exact) mass is 322 g/mol. The zero-order chi connectivity index (χ0) is 16.8. The third kappa shape index (κ3) is 5.04. The number of nitrogens with one attached hydrogen (secondary N) is 1. The summed E-state index contributed by atoms with van der Waals surface area (Å²) in [7, 11) is 1.73. The van der Waals surface area contributed by atoms with Crippen molar-refractivity contribution in [3.63, 3.8) is 0 Å². The van der Waals surface area contributed by atoms with Gasteiger partial charge < -0.3 is 15.0 Å². The summed E-state index contributed by atoms with van der Waals surface area (Å²) in [6, 6.07) is 2.24. The first-order valence-corrected chi connectivity index (χ1v) is 8.53. The fourth-order valence-electron chi connectivity index (χ4n) is 3.21. The van der Waals surface area contributed by atoms with Crippen molar-refractivity contribution >= 4 is 5.91 Å². The zero-order valence-corrected chi connectivity index (χ0v) is 14.8. The summed E-state index contributed by atoms with van der Waals surface area (Å²) in [5.41, 5.74) is 2.15. The SMILES string of the molecule is COCCN1CCC(C(=O)NCC(C)n2nc(C)cc2C)CC1. The van der Waals surface area contributed by atoms with Crippen LogP contribution in [0.5, 0.6) is 0 Å². The lowest BCUT2D eigenvalue weighted by molar-refractivity contribution is -0.126. The van der Waals surface area contributed by atoms with Crippen molar-refractivity contribution in [2.24, 2.45) is 5.92 Å². The summed E-state index contributed by atoms with van der Waals surface area (Å²) in [6.45, 7) is 10.4. The summed E-state index contributed by atoms with van der Waals surface area (Å²) >= 11 is 0. The highest BCUT2D eigenvalue weighted by Crippen LogP contribution is 2.17. The Morgan fingerprint density at radius 2 is 2.13 bits per heavy atom. The van der Waals surface area contributed by atoms with Crippen molar-refractivity contribution in [1.29, 1.82) is 0 Å². The number of likely N-dealkylation sites (tertiary alicyclic amines) is 1. The highest BCUT2D eigenvalue weighted by molar-refractivity contribution is 5.78. The van der Waals surface area contributed by atoms with Gasteiger partial charge in [0.15, 0.2) is 0 Å². The van der Waals surface area contributed by atoms with Gasteiger partial charge in [0.2, 0.25) is 5.91 Å². The molecule has 2 heterocycles. The fraction of sp³-hybridized carbons (Fsp3) is 0.765. The molecule has 1 aliphatic rings. The number of nitrogens with zero attached hydrogens (tertiary/aromatic N) is 3. The molecule has 0 radical (unpaired) electrons. The van der Waals surface area contributed by atoms with Crippen LogP contribution in [-0.4, -0.2) is 60.5 Å². The molecule has 6 nitrogen and oxygen atoms in total. The number of ether oxygens (including phenoxy) is 1. The molecule has 130 valence electrons. The first-order valence-electron chi connectivity index (χ1n) is 8.53. The van der Waals surface area contributed by atoms with Crippen molar-refractivity contribution in [3.8, 4) is 0 Å². The molecule has 0 aliphatic carbocycles. The minimum atomic E-state index is 0.140. The lowest BCUT2D eigenvalue weighted by Gasteiger charge is -2.31. The molecule has 1 aromatic rings. The number of amides is 1. The van der Waals surface area contributed by atoms with Crippen molar-refractivity contribution in [2.45, 2.75) is 39.7 Å². The molecule has 1 aromatic heterocycles. The summed E-state index contributed by atoms with van der Waals surface area (Å²) in [5, 5.41) is 7.59. The van der Waals surface area contributed by atoms with Gasteiger partial charge >= 0.3 is 0 Å². The van der Waals surface area contributed by atoms with Gasteiger partial charge in [-0.05, 0) is 52.8 Å². The number of piperidine rings is 1. The molecule has 1 saturated heterocycles. The number of hydrogen-bond donors (Lipinski definition) is 1. The van der Waals surface area contributed by atoms with Gasteiger partial charge in [0.05, 0.1) is 18.3 Å². The molecule has 2 rings (SSSR count). The number of aryl methyl sites for hydroxylation is 2. The Balaban J connectivity index is 1.74. The molecule has 0 aromatic carbocycles. The van der Waals surface area contributed by atoms with Crippen LogP contribution in [0, 0.1) is 19.8 Å². The maximum absolute atomic E-state index is 12.4. The molecule has 23 heavy (non-hydrogen) atoms. The predicted octanol–water partition coefficient (Wildman–Crippen LogP) is 1.54. The van der Waals surface area contributed by atoms with Gasteiger partial charge in [0, 0.05) is 31.8 Å². The molecular weight excluding hydrogens is 292 g/mol. The quantitative estimate of drug-likeness (QED) is 0.827. The maximum atomic E-state index is 12.4. The predicted molar refractivity (Wildman–Crippen MR) is 90.5 cm³/mol. The zero-order valence-electron chi connectivity index (χ0n) is 14.8. The van der Waals surface area contributed by atoms with Gasteiger partial charge in [0.25, 0.3) is 0 Å². The van der Waals surface area contributed by atoms with Crippen molar-refractivity contribution < 1.29 is 9.53 Å². The molecule has 0 spiro atoms. The molecule has 0 saturated carbocycles. The normalized spacial score (nSPS) is 18.1. The van der Waals surface area contributed by atoms with E-state index in [1.54, 1.807) is 7.11 Å². The second-order valence-electron chi connectivity index (χ2n) is 6.57. The lowest BCUT2D eigenvalue weighted by atomic mass is 9.96. The minimum Gasteiger partial charge on any atom is -0.383 e. The molecule has 1 N–H and O–H groups in total. The number of carbonyl (C=O) groups is 1. The average Bonchev–Trinajstić information content (AvgIpc) is 2.89. The van der Waals surface area contributed by atoms with Crippen LogP contribution in [0.15, 0.2) is 6.07 Å². The summed E-state index contributed by atoms with van der Waals surface area (Å²) in [5.74, 6) is 0.325. The Morgan fingerprint density at radius 1 is 1.43 bits per heavy atom. The number of hydrogen-bond acceptors (Lipinski definition) is 4. The van der Waals surface area contributed by atoms with Gasteiger partial charge in [-0.1, -0.05) is 0 Å². The number of carbonyl (C=O) groups excluding carboxylic acids is 1. The number of rotatable bonds is 7. The van der Waals surface area contributed by atoms with Crippen LogP contribution in [0.1, 0.15) is 37.2 Å². The summed E-state index contributed by atoms with van der Waals surface area (Å²) < 4.78 is 7.10. The molecule has 1 aliphatic heterocycles. The van der Waals surface area contributed by atoms with E-state index in [0.717, 1.165) is 50.5 Å². The van der Waals surface area contributed by atoms with Crippen molar-refractivity contribution in [1.82, 2.24) is 20.0 Å². The van der Waals surface area contributed by atoms with Gasteiger partial charge in [-0.15, -0.1) is 0 Å². The van der Waals surface area contributed by atoms with E-state index in [9.17, 15) is 4.79 Å². The van der Waals surface area contributed by atoms with E-state index >= 15 is 0 Å². The third-order valence-corrected chi connectivity index (χ3v) is 4.60. The Bertz CT molecular complexity index is 507. The van der Waals surface area contributed by atoms with Gasteiger partial charge in [0.1, 0.15) is 0 Å². The second kappa shape index (κ2) is 8.45. The van der Waals surface area contributed by atoms with Crippen LogP contribution in [-0.2, 0) is 9.53 Å². The molecule has 1 amide bonds. The van der Waals surface area contributed by atoms with Gasteiger partial charge in [-0.3, -0.25) is 9.48 Å². The molecule has 1 unspecified atom stereocenters. The number of methoxy groups -OCH3 is 1. The topological polar surface area (TPSA) is 59.4 Å². The van der Waals surface area contributed by atoms with E-state index in [0.29, 0.717) is 6.54 Å². The maximum Gasteiger partial charge on any atom is 0.223 e. The second-order valence-corrected chi connectivity index (χ2v) is 6.57. The highest BCUT2D eigenvalue weighted by atomic mass is 16.5. The third-order valence-electron chi connectivity index (χ3n) is 4.60. The Hall–Kier alpha value is -1.40. The summed E-state index contributed by atoms with van der Waals surface area (Å²) in [6.07, 6.45) is 1.87. The largest absolute Gasteiger partial charge is 0.383 e. The van der Waals surface area contributed by atoms with Gasteiger partial charge in [-0.25, -0.2) is 0 Å². The lowest BCUT2D eigenvalue weighted by Crippen LogP contribution is -2.42. The van der Waals surface area contributed by atoms with Crippen LogP contribution >= 0.6 is 0 Å². The van der Waals surface area contributed by atoms with E-state index < -0.39 is 0 Å². The first-order chi connectivity index (χ1) is 11.0. The van der Waals surface area contributed by atoms with Crippen LogP contribution in [0.4, 0.5) is 0 Å². The average molecular weight is 322 g/mol. The smallest absolute Gasteiger partial charge is 0.223 e. The minimum absolute atomic E-state index is 0.140. The highest BCUT2D eigenvalue weighted by Gasteiger charge is 2.25. The molecular formula is C17H30N4O2. The molecule has 0 bridgehead atoms. The Labute approximate surface area is 139 Å². The van der Waals surface area contributed by atoms with E-state index in [1.807, 2.05) is 18.5 Å². The first kappa shape index (κ1) is 17.9. The molecule has 1 atom stereocenters. The van der Waals surface area contributed by atoms with Crippen LogP contribution < -0.4 is 5.32 Å². The standard InChI is InChI=1S/C17H30N4O2/c1-13-11-14(2)21(19-13)15(3)12-18-17(22)16-5-7-20(8-6-16)9-10-23-4/h11,15-16H,5-10,12H2,1-4H3,(H,18,22). The fourth-order valence-corrected chi connectivity index (χ4v) is 3.21. The van der Waals surface area contributed by atoms with E-state index in [4.69, 9.17) is 4.74 Å². The molecule has 1 fully saturated rings.